The highest BCUT2D eigenvalue weighted by Gasteiger charge is 2.24. The zero-order valence-corrected chi connectivity index (χ0v) is 13.3. The predicted octanol–water partition coefficient (Wildman–Crippen LogP) is 2.55. The number of piperidine rings is 1. The predicted molar refractivity (Wildman–Crippen MR) is 80.3 cm³/mol. The van der Waals surface area contributed by atoms with E-state index in [-0.39, 0.29) is 6.03 Å². The minimum atomic E-state index is 0.145. The molecule has 2 amide bonds. The van der Waals surface area contributed by atoms with Gasteiger partial charge in [-0.15, -0.1) is 0 Å². The molecular formula is C15H31N3O. The Morgan fingerprint density at radius 3 is 2.26 bits per heavy atom. The third-order valence-electron chi connectivity index (χ3n) is 3.85. The Labute approximate surface area is 118 Å². The first kappa shape index (κ1) is 16.3. The van der Waals surface area contributed by atoms with E-state index in [1.165, 1.54) is 12.8 Å². The number of nitrogens with zero attached hydrogens (tertiary/aromatic N) is 2. The van der Waals surface area contributed by atoms with Crippen LogP contribution in [0.15, 0.2) is 0 Å². The molecule has 1 heterocycles. The summed E-state index contributed by atoms with van der Waals surface area (Å²) in [6.45, 7) is 8.59. The Morgan fingerprint density at radius 2 is 1.79 bits per heavy atom. The van der Waals surface area contributed by atoms with Gasteiger partial charge in [0.2, 0.25) is 0 Å². The van der Waals surface area contributed by atoms with Crippen LogP contribution in [0.2, 0.25) is 0 Å². The van der Waals surface area contributed by atoms with E-state index in [4.69, 9.17) is 0 Å². The minimum absolute atomic E-state index is 0.145. The maximum absolute atomic E-state index is 11.8. The van der Waals surface area contributed by atoms with E-state index in [0.29, 0.717) is 12.1 Å². The van der Waals surface area contributed by atoms with Crippen molar-refractivity contribution in [1.82, 2.24) is 15.1 Å². The summed E-state index contributed by atoms with van der Waals surface area (Å²) in [5.74, 6) is 0.781. The van der Waals surface area contributed by atoms with Crippen LogP contribution in [0.1, 0.15) is 46.5 Å². The van der Waals surface area contributed by atoms with Crippen molar-refractivity contribution >= 4 is 6.03 Å². The Bertz CT molecular complexity index is 271. The van der Waals surface area contributed by atoms with Gasteiger partial charge < -0.3 is 15.1 Å². The van der Waals surface area contributed by atoms with Crippen LogP contribution in [0.25, 0.3) is 0 Å². The second kappa shape index (κ2) is 7.73. The molecule has 0 aromatic heterocycles. The average molecular weight is 269 g/mol. The Kier molecular flexibility index (Phi) is 6.63. The molecule has 112 valence electrons. The molecule has 0 aromatic carbocycles. The van der Waals surface area contributed by atoms with Crippen LogP contribution in [0.3, 0.4) is 0 Å². The molecule has 1 saturated heterocycles. The third-order valence-corrected chi connectivity index (χ3v) is 3.85. The average Bonchev–Trinajstić information content (AvgIpc) is 2.36. The van der Waals surface area contributed by atoms with Gasteiger partial charge in [0.15, 0.2) is 0 Å². The lowest BCUT2D eigenvalue weighted by Crippen LogP contribution is -2.49. The number of nitrogens with one attached hydrogen (secondary N) is 1. The molecule has 0 radical (unpaired) electrons. The van der Waals surface area contributed by atoms with Crippen molar-refractivity contribution in [2.75, 3.05) is 27.2 Å². The molecule has 1 N–H and O–H groups in total. The van der Waals surface area contributed by atoms with Crippen molar-refractivity contribution in [2.45, 2.75) is 58.5 Å². The summed E-state index contributed by atoms with van der Waals surface area (Å²) in [6.07, 6.45) is 4.68. The smallest absolute Gasteiger partial charge is 0.319 e. The fraction of sp³-hybridized carbons (Fsp3) is 0.933. The summed E-state index contributed by atoms with van der Waals surface area (Å²) < 4.78 is 0. The van der Waals surface area contributed by atoms with Crippen molar-refractivity contribution in [1.29, 1.82) is 0 Å². The molecule has 1 rings (SSSR count). The zero-order valence-electron chi connectivity index (χ0n) is 13.3. The number of likely N-dealkylation sites (tertiary alicyclic amines) is 1. The first-order chi connectivity index (χ1) is 8.90. The molecule has 0 saturated carbocycles. The summed E-state index contributed by atoms with van der Waals surface area (Å²) in [5, 5.41) is 3.71. The molecule has 0 spiro atoms. The standard InChI is InChI=1S/C15H31N3O/c1-12(2)6-7-13(3)16-14-8-10-18(11-9-14)15(19)17(4)5/h12-14,16H,6-11H2,1-5H3. The Hall–Kier alpha value is -0.770. The first-order valence-electron chi connectivity index (χ1n) is 7.62. The summed E-state index contributed by atoms with van der Waals surface area (Å²) in [6, 6.07) is 1.31. The SMILES string of the molecule is CC(C)CCC(C)NC1CCN(C(=O)N(C)C)CC1. The van der Waals surface area contributed by atoms with Crippen molar-refractivity contribution in [2.24, 2.45) is 5.92 Å². The van der Waals surface area contributed by atoms with Crippen LogP contribution in [0, 0.1) is 5.92 Å². The van der Waals surface area contributed by atoms with Gasteiger partial charge in [0.1, 0.15) is 0 Å². The fourth-order valence-corrected chi connectivity index (χ4v) is 2.59. The normalized spacial score (nSPS) is 18.7. The van der Waals surface area contributed by atoms with Crippen molar-refractivity contribution in [3.8, 4) is 0 Å². The highest BCUT2D eigenvalue weighted by molar-refractivity contribution is 5.73. The Morgan fingerprint density at radius 1 is 1.21 bits per heavy atom. The van der Waals surface area contributed by atoms with Gasteiger partial charge in [-0.25, -0.2) is 4.79 Å². The minimum Gasteiger partial charge on any atom is -0.331 e. The second-order valence-electron chi connectivity index (χ2n) is 6.48. The van der Waals surface area contributed by atoms with Gasteiger partial charge >= 0.3 is 6.03 Å². The number of carbonyl (C=O) groups is 1. The van der Waals surface area contributed by atoms with Crippen LogP contribution in [-0.2, 0) is 0 Å². The third kappa shape index (κ3) is 5.81. The summed E-state index contributed by atoms with van der Waals surface area (Å²) in [4.78, 5) is 15.5. The second-order valence-corrected chi connectivity index (χ2v) is 6.48. The lowest BCUT2D eigenvalue weighted by molar-refractivity contribution is 0.150. The van der Waals surface area contributed by atoms with Crippen molar-refractivity contribution < 1.29 is 4.79 Å². The van der Waals surface area contributed by atoms with E-state index in [1.54, 1.807) is 4.90 Å². The topological polar surface area (TPSA) is 35.6 Å². The van der Waals surface area contributed by atoms with E-state index in [0.717, 1.165) is 31.8 Å². The quantitative estimate of drug-likeness (QED) is 0.832. The maximum atomic E-state index is 11.8. The number of carbonyl (C=O) groups excluding carboxylic acids is 1. The molecule has 1 fully saturated rings. The van der Waals surface area contributed by atoms with Gasteiger partial charge in [0.25, 0.3) is 0 Å². The van der Waals surface area contributed by atoms with Gasteiger partial charge in [-0.1, -0.05) is 13.8 Å². The first-order valence-corrected chi connectivity index (χ1v) is 7.62. The van der Waals surface area contributed by atoms with E-state index in [9.17, 15) is 4.79 Å². The zero-order chi connectivity index (χ0) is 14.4. The Balaban J connectivity index is 2.24. The van der Waals surface area contributed by atoms with Crippen LogP contribution >= 0.6 is 0 Å². The monoisotopic (exact) mass is 269 g/mol. The van der Waals surface area contributed by atoms with E-state index in [2.05, 4.69) is 26.1 Å². The molecule has 1 atom stereocenters. The molecular weight excluding hydrogens is 238 g/mol. The molecule has 0 aromatic rings. The molecule has 0 aliphatic carbocycles. The van der Waals surface area contributed by atoms with E-state index in [1.807, 2.05) is 19.0 Å². The fourth-order valence-electron chi connectivity index (χ4n) is 2.59. The van der Waals surface area contributed by atoms with Crippen LogP contribution in [-0.4, -0.2) is 55.1 Å². The van der Waals surface area contributed by atoms with Crippen LogP contribution < -0.4 is 5.32 Å². The number of rotatable bonds is 5. The van der Waals surface area contributed by atoms with Crippen molar-refractivity contribution in [3.05, 3.63) is 0 Å². The lowest BCUT2D eigenvalue weighted by Gasteiger charge is -2.35. The molecule has 1 aliphatic heterocycles. The van der Waals surface area contributed by atoms with Gasteiger partial charge in [0, 0.05) is 39.3 Å². The van der Waals surface area contributed by atoms with Gasteiger partial charge in [-0.3, -0.25) is 0 Å². The lowest BCUT2D eigenvalue weighted by atomic mass is 10.0. The maximum Gasteiger partial charge on any atom is 0.319 e. The van der Waals surface area contributed by atoms with Crippen LogP contribution in [0.5, 0.6) is 0 Å². The molecule has 19 heavy (non-hydrogen) atoms. The molecule has 4 heteroatoms. The molecule has 1 unspecified atom stereocenters. The number of hydrogen-bond donors (Lipinski definition) is 1. The van der Waals surface area contributed by atoms with Crippen molar-refractivity contribution in [3.63, 3.8) is 0 Å². The van der Waals surface area contributed by atoms with E-state index >= 15 is 0 Å². The summed E-state index contributed by atoms with van der Waals surface area (Å²) in [5.41, 5.74) is 0. The molecule has 0 bridgehead atoms. The highest BCUT2D eigenvalue weighted by atomic mass is 16.2. The summed E-state index contributed by atoms with van der Waals surface area (Å²) in [7, 11) is 3.64. The molecule has 4 nitrogen and oxygen atoms in total. The highest BCUT2D eigenvalue weighted by Crippen LogP contribution is 2.14. The largest absolute Gasteiger partial charge is 0.331 e. The number of urea groups is 1. The summed E-state index contributed by atoms with van der Waals surface area (Å²) >= 11 is 0. The number of hydrogen-bond acceptors (Lipinski definition) is 2. The van der Waals surface area contributed by atoms with Crippen LogP contribution in [0.4, 0.5) is 4.79 Å². The van der Waals surface area contributed by atoms with E-state index < -0.39 is 0 Å². The molecule has 1 aliphatic rings. The van der Waals surface area contributed by atoms with Gasteiger partial charge in [-0.05, 0) is 38.5 Å². The number of amides is 2. The van der Waals surface area contributed by atoms with Gasteiger partial charge in [0.05, 0.1) is 0 Å². The van der Waals surface area contributed by atoms with Gasteiger partial charge in [-0.2, -0.15) is 0 Å².